The fourth-order valence-electron chi connectivity index (χ4n) is 1.39. The fraction of sp³-hybridized carbons (Fsp3) is 0.364. The van der Waals surface area contributed by atoms with Gasteiger partial charge in [0.15, 0.2) is 14.4 Å². The van der Waals surface area contributed by atoms with Crippen LogP contribution in [0.5, 0.6) is 0 Å². The highest BCUT2D eigenvalue weighted by Gasteiger charge is 2.27. The molecule has 0 spiro atoms. The van der Waals surface area contributed by atoms with E-state index in [9.17, 15) is 10.1 Å². The maximum Gasteiger partial charge on any atom is 0.276 e. The van der Waals surface area contributed by atoms with E-state index in [2.05, 4.69) is 0 Å². The molecule has 0 amide bonds. The molecule has 0 bridgehead atoms. The van der Waals surface area contributed by atoms with E-state index in [4.69, 9.17) is 9.69 Å². The molecule has 1 aromatic carbocycles. The Bertz CT molecular complexity index is 463. The predicted molar refractivity (Wildman–Crippen MR) is 65.9 cm³/mol. The SMILES string of the molecule is C[Si](C)(C)OC(C#N)c1ccccc1[N+](=O)[O-]. The second-order valence-electron chi connectivity index (χ2n) is 4.56. The molecule has 0 radical (unpaired) electrons. The maximum atomic E-state index is 10.9. The molecule has 5 nitrogen and oxygen atoms in total. The molecule has 0 N–H and O–H groups in total. The van der Waals surface area contributed by atoms with Crippen LogP contribution in [0.1, 0.15) is 11.7 Å². The van der Waals surface area contributed by atoms with Crippen molar-refractivity contribution in [3.63, 3.8) is 0 Å². The summed E-state index contributed by atoms with van der Waals surface area (Å²) in [6.45, 7) is 5.81. The van der Waals surface area contributed by atoms with Gasteiger partial charge in [0.2, 0.25) is 0 Å². The molecule has 0 aliphatic rings. The highest BCUT2D eigenvalue weighted by molar-refractivity contribution is 6.69. The summed E-state index contributed by atoms with van der Waals surface area (Å²) in [5.41, 5.74) is 0.250. The van der Waals surface area contributed by atoms with Crippen molar-refractivity contribution >= 4 is 14.0 Å². The van der Waals surface area contributed by atoms with Crippen molar-refractivity contribution in [2.45, 2.75) is 25.7 Å². The van der Waals surface area contributed by atoms with E-state index < -0.39 is 19.3 Å². The highest BCUT2D eigenvalue weighted by Crippen LogP contribution is 2.29. The van der Waals surface area contributed by atoms with Crippen molar-refractivity contribution in [2.75, 3.05) is 0 Å². The lowest BCUT2D eigenvalue weighted by Crippen LogP contribution is -2.27. The van der Waals surface area contributed by atoms with Crippen molar-refractivity contribution in [1.82, 2.24) is 0 Å². The van der Waals surface area contributed by atoms with Crippen LogP contribution in [0.25, 0.3) is 0 Å². The van der Waals surface area contributed by atoms with Crippen LogP contribution in [-0.2, 0) is 4.43 Å². The summed E-state index contributed by atoms with van der Waals surface area (Å²) < 4.78 is 5.64. The average molecular weight is 250 g/mol. The first-order valence-electron chi connectivity index (χ1n) is 5.16. The Morgan fingerprint density at radius 1 is 1.41 bits per heavy atom. The lowest BCUT2D eigenvalue weighted by molar-refractivity contribution is -0.386. The molecule has 1 rings (SSSR count). The Labute approximate surface area is 101 Å². The molecular formula is C11H14N2O3Si. The highest BCUT2D eigenvalue weighted by atomic mass is 28.4. The van der Waals surface area contributed by atoms with Crippen molar-refractivity contribution < 1.29 is 9.35 Å². The molecule has 1 unspecified atom stereocenters. The minimum absolute atomic E-state index is 0.0719. The molecule has 0 saturated carbocycles. The number of nitro benzene ring substituents is 1. The molecule has 6 heteroatoms. The van der Waals surface area contributed by atoms with Gasteiger partial charge in [0.05, 0.1) is 16.6 Å². The Morgan fingerprint density at radius 3 is 2.47 bits per heavy atom. The van der Waals surface area contributed by atoms with E-state index in [1.54, 1.807) is 18.2 Å². The van der Waals surface area contributed by atoms with Crippen LogP contribution in [-0.4, -0.2) is 13.2 Å². The van der Waals surface area contributed by atoms with E-state index in [0.717, 1.165) is 0 Å². The third kappa shape index (κ3) is 3.66. The van der Waals surface area contributed by atoms with Crippen LogP contribution in [0.15, 0.2) is 24.3 Å². The summed E-state index contributed by atoms with van der Waals surface area (Å²) >= 11 is 0. The standard InChI is InChI=1S/C11H14N2O3Si/c1-17(2,3)16-11(8-12)9-6-4-5-7-10(9)13(14)15/h4-7,11H,1-3H3. The summed E-state index contributed by atoms with van der Waals surface area (Å²) in [6, 6.07) is 8.16. The molecule has 0 aromatic heterocycles. The summed E-state index contributed by atoms with van der Waals surface area (Å²) in [5.74, 6) is 0. The summed E-state index contributed by atoms with van der Waals surface area (Å²) in [6.07, 6.45) is -0.872. The van der Waals surface area contributed by atoms with Gasteiger partial charge < -0.3 is 4.43 Å². The van der Waals surface area contributed by atoms with Gasteiger partial charge in [0.1, 0.15) is 0 Å². The second kappa shape index (κ2) is 5.08. The van der Waals surface area contributed by atoms with Gasteiger partial charge in [-0.05, 0) is 25.7 Å². The number of benzene rings is 1. The maximum absolute atomic E-state index is 10.9. The van der Waals surface area contributed by atoms with Crippen LogP contribution in [0.3, 0.4) is 0 Å². The molecule has 90 valence electrons. The number of hydrogen-bond acceptors (Lipinski definition) is 4. The smallest absolute Gasteiger partial charge is 0.276 e. The Morgan fingerprint density at radius 2 is 2.00 bits per heavy atom. The van der Waals surface area contributed by atoms with Crippen molar-refractivity contribution in [2.24, 2.45) is 0 Å². The normalized spacial score (nSPS) is 12.8. The largest absolute Gasteiger partial charge is 0.399 e. The summed E-state index contributed by atoms with van der Waals surface area (Å²) in [5, 5.41) is 19.9. The summed E-state index contributed by atoms with van der Waals surface area (Å²) in [7, 11) is -1.93. The molecule has 0 heterocycles. The summed E-state index contributed by atoms with van der Waals surface area (Å²) in [4.78, 5) is 10.4. The van der Waals surface area contributed by atoms with Gasteiger partial charge in [0, 0.05) is 6.07 Å². The van der Waals surface area contributed by atoms with Gasteiger partial charge in [-0.2, -0.15) is 5.26 Å². The second-order valence-corrected chi connectivity index (χ2v) is 9.02. The van der Waals surface area contributed by atoms with Crippen molar-refractivity contribution in [3.05, 3.63) is 39.9 Å². The fourth-order valence-corrected chi connectivity index (χ4v) is 2.28. The van der Waals surface area contributed by atoms with E-state index >= 15 is 0 Å². The molecule has 1 atom stereocenters. The lowest BCUT2D eigenvalue weighted by Gasteiger charge is -2.21. The zero-order chi connectivity index (χ0) is 13.1. The minimum atomic E-state index is -1.93. The Kier molecular flexibility index (Phi) is 3.99. The van der Waals surface area contributed by atoms with Gasteiger partial charge in [0.25, 0.3) is 5.69 Å². The number of hydrogen-bond donors (Lipinski definition) is 0. The number of para-hydroxylation sites is 1. The average Bonchev–Trinajstić information content (AvgIpc) is 2.24. The quantitative estimate of drug-likeness (QED) is 0.467. The molecule has 1 aromatic rings. The van der Waals surface area contributed by atoms with E-state index in [-0.39, 0.29) is 5.69 Å². The van der Waals surface area contributed by atoms with E-state index in [1.807, 2.05) is 25.7 Å². The Balaban J connectivity index is 3.13. The first-order valence-corrected chi connectivity index (χ1v) is 8.57. The van der Waals surface area contributed by atoms with Gasteiger partial charge in [-0.1, -0.05) is 12.1 Å². The van der Waals surface area contributed by atoms with Crippen LogP contribution in [0, 0.1) is 21.4 Å². The zero-order valence-corrected chi connectivity index (χ0v) is 11.0. The molecule has 0 aliphatic carbocycles. The van der Waals surface area contributed by atoms with Crippen LogP contribution < -0.4 is 0 Å². The first kappa shape index (κ1) is 13.4. The molecular weight excluding hydrogens is 236 g/mol. The number of rotatable bonds is 4. The van der Waals surface area contributed by atoms with E-state index in [0.29, 0.717) is 5.56 Å². The number of nitriles is 1. The van der Waals surface area contributed by atoms with Crippen molar-refractivity contribution in [3.8, 4) is 6.07 Å². The minimum Gasteiger partial charge on any atom is -0.399 e. The lowest BCUT2D eigenvalue weighted by atomic mass is 10.1. The van der Waals surface area contributed by atoms with Gasteiger partial charge in [-0.3, -0.25) is 10.1 Å². The van der Waals surface area contributed by atoms with Gasteiger partial charge in [-0.15, -0.1) is 0 Å². The van der Waals surface area contributed by atoms with Crippen LogP contribution in [0.4, 0.5) is 5.69 Å². The first-order chi connectivity index (χ1) is 7.85. The Hall–Kier alpha value is -1.71. The van der Waals surface area contributed by atoms with Crippen molar-refractivity contribution in [1.29, 1.82) is 5.26 Å². The molecule has 0 fully saturated rings. The molecule has 0 aliphatic heterocycles. The molecule has 0 saturated heterocycles. The zero-order valence-electron chi connectivity index (χ0n) is 10.0. The third-order valence-corrected chi connectivity index (χ3v) is 2.95. The van der Waals surface area contributed by atoms with Gasteiger partial charge in [-0.25, -0.2) is 0 Å². The monoisotopic (exact) mass is 250 g/mol. The van der Waals surface area contributed by atoms with Gasteiger partial charge >= 0.3 is 0 Å². The van der Waals surface area contributed by atoms with Crippen LogP contribution in [0.2, 0.25) is 19.6 Å². The topological polar surface area (TPSA) is 76.2 Å². The van der Waals surface area contributed by atoms with E-state index in [1.165, 1.54) is 6.07 Å². The van der Waals surface area contributed by atoms with Crippen LogP contribution >= 0.6 is 0 Å². The predicted octanol–water partition coefficient (Wildman–Crippen LogP) is 3.01. The molecule has 17 heavy (non-hydrogen) atoms. The third-order valence-electron chi connectivity index (χ3n) is 2.00. The number of nitro groups is 1. The number of nitrogens with zero attached hydrogens (tertiary/aromatic N) is 2.